The number of likely N-dealkylation sites (tertiary alicyclic amines) is 2. The molecule has 0 saturated carbocycles. The molecule has 3 aliphatic carbocycles. The van der Waals surface area contributed by atoms with Gasteiger partial charge < -0.3 is 121 Å². The van der Waals surface area contributed by atoms with E-state index in [1.54, 1.807) is 125 Å². The quantitative estimate of drug-likeness (QED) is 0.0262. The van der Waals surface area contributed by atoms with Crippen molar-refractivity contribution in [3.8, 4) is 0 Å². The second-order valence-electron chi connectivity index (χ2n) is 36.8. The second-order valence-corrected chi connectivity index (χ2v) is 36.8. The van der Waals surface area contributed by atoms with Crippen molar-refractivity contribution in [2.24, 2.45) is 52.7 Å². The molecule has 18 atom stereocenters. The van der Waals surface area contributed by atoms with Crippen molar-refractivity contribution in [3.63, 3.8) is 0 Å². The van der Waals surface area contributed by atoms with E-state index in [1.807, 2.05) is 80.5 Å². The molecular weight excluding hydrogens is 1800 g/mol. The Morgan fingerprint density at radius 1 is 0.407 bits per heavy atom. The van der Waals surface area contributed by atoms with Gasteiger partial charge in [-0.25, -0.2) is 19.4 Å². The lowest BCUT2D eigenvalue weighted by Crippen LogP contribution is -2.43. The Kier molecular flexibility index (Phi) is 47.4. The number of ether oxygens (including phenoxy) is 12. The highest BCUT2D eigenvalue weighted by Gasteiger charge is 2.41. The number of imidazole rings is 1. The van der Waals surface area contributed by atoms with Gasteiger partial charge in [0, 0.05) is 184 Å². The summed E-state index contributed by atoms with van der Waals surface area (Å²) in [7, 11) is 14.0. The summed E-state index contributed by atoms with van der Waals surface area (Å²) in [5.41, 5.74) is 21.4. The van der Waals surface area contributed by atoms with E-state index in [2.05, 4.69) is 51.7 Å². The molecule has 6 amide bonds. The molecule has 5 aliphatic heterocycles. The number of fused-ring (bicyclic) bond motifs is 6. The molecule has 13 N–H and O–H groups in total. The third-order valence-electron chi connectivity index (χ3n) is 26.0. The van der Waals surface area contributed by atoms with Crippen LogP contribution in [0.15, 0.2) is 188 Å². The molecule has 6 heterocycles. The fourth-order valence-corrected chi connectivity index (χ4v) is 18.4. The van der Waals surface area contributed by atoms with Crippen LogP contribution in [-0.4, -0.2) is 287 Å². The molecule has 0 radical (unpaired) electrons. The summed E-state index contributed by atoms with van der Waals surface area (Å²) in [5.74, 6) is -4.96. The number of primary amides is 3. The molecule has 140 heavy (non-hydrogen) atoms. The van der Waals surface area contributed by atoms with Crippen LogP contribution in [0.3, 0.4) is 0 Å². The van der Waals surface area contributed by atoms with Crippen molar-refractivity contribution in [1.82, 2.24) is 51.7 Å². The molecule has 37 nitrogen and oxygen atoms in total. The first-order valence-corrected chi connectivity index (χ1v) is 47.6. The summed E-state index contributed by atoms with van der Waals surface area (Å²) in [5, 5.41) is 17.5. The first-order chi connectivity index (χ1) is 66.7. The minimum absolute atomic E-state index is 0.0712. The number of rotatable bonds is 24. The van der Waals surface area contributed by atoms with Gasteiger partial charge in [0.25, 0.3) is 17.7 Å². The fraction of sp³-hybridized carbons (Fsp3) is 0.563. The number of hydrogen-bond donors (Lipinski definition) is 10. The van der Waals surface area contributed by atoms with Gasteiger partial charge in [-0.1, -0.05) is 114 Å². The monoisotopic (exact) mass is 1950 g/mol. The topological polar surface area (TPSA) is 501 Å². The van der Waals surface area contributed by atoms with Crippen molar-refractivity contribution in [2.45, 2.75) is 221 Å². The predicted molar refractivity (Wildman–Crippen MR) is 526 cm³/mol. The van der Waals surface area contributed by atoms with Crippen molar-refractivity contribution < 1.29 is 114 Å². The lowest BCUT2D eigenvalue weighted by Gasteiger charge is -2.32. The summed E-state index contributed by atoms with van der Waals surface area (Å²) >= 11 is 0. The number of aromatic nitrogens is 2. The van der Waals surface area contributed by atoms with E-state index < -0.39 is 120 Å². The van der Waals surface area contributed by atoms with Gasteiger partial charge >= 0.3 is 18.3 Å². The van der Waals surface area contributed by atoms with Gasteiger partial charge in [0.1, 0.15) is 18.3 Å². The number of hydrogen-bond acceptors (Lipinski definition) is 30. The molecule has 0 aromatic carbocycles. The average Bonchev–Trinajstić information content (AvgIpc) is 1.24. The van der Waals surface area contributed by atoms with Gasteiger partial charge in [0.15, 0.2) is 18.3 Å². The zero-order valence-corrected chi connectivity index (χ0v) is 85.0. The van der Waals surface area contributed by atoms with Crippen LogP contribution in [0.4, 0.5) is 14.4 Å². The van der Waals surface area contributed by atoms with Crippen molar-refractivity contribution in [1.29, 1.82) is 0 Å². The first kappa shape index (κ1) is 115. The van der Waals surface area contributed by atoms with E-state index in [0.717, 1.165) is 70.3 Å². The number of carbonyl (C=O) groups is 12. The number of Topliss-reactive ketones (excluding diaryl/α,β-unsaturated/α-hetero) is 3. The summed E-state index contributed by atoms with van der Waals surface area (Å²) < 4.78 is 68.8. The zero-order valence-electron chi connectivity index (χ0n) is 85.0. The van der Waals surface area contributed by atoms with E-state index in [4.69, 9.17) is 74.0 Å². The SMILES string of the molecule is COC1/C=C\C=C(/C)C(=O)NC2=CC(=O)C(NCCN3CCC3)=C(C[C@@H](C)C[C@H](OC)[C@H](OC)[C@@H](C)/C=C(\C)[C@@H]1OC(N)=O)C2=O.COC1/C=C\C=C(/C)C(=O)NC2=CC(=O)C(NCCN3CCCC3)=C(C[C@@H](C)C[C@H](OC)[C@H](OC)[C@@H](C)/C=C(\C)[C@@H]1OC(N)=O)C2=O.COC1/C=C\C=C(/C)C(=O)NC2=CC(=O)C(NCCc3cnc[nH]3)=C(C[C@@H](C)C[C@H](OC)[C@H](OC)[C@@H](C)/C=C(\C)[C@@H]1OC(N)=O)C2=O. The van der Waals surface area contributed by atoms with Crippen molar-refractivity contribution in [2.75, 3.05) is 123 Å². The molecule has 37 heteroatoms. The van der Waals surface area contributed by atoms with Crippen LogP contribution >= 0.6 is 0 Å². The fourth-order valence-electron chi connectivity index (χ4n) is 18.4. The Balaban J connectivity index is 0.000000286. The molecule has 770 valence electrons. The number of methoxy groups -OCH3 is 9. The molecule has 1 aromatic rings. The molecule has 8 aliphatic rings. The third-order valence-corrected chi connectivity index (χ3v) is 26.0. The Labute approximate surface area is 822 Å². The van der Waals surface area contributed by atoms with E-state index >= 15 is 0 Å². The number of allylic oxidation sites excluding steroid dienone is 12. The number of ketones is 6. The smallest absolute Gasteiger partial charge is 0.405 e. The van der Waals surface area contributed by atoms with E-state index in [-0.39, 0.29) is 135 Å². The Morgan fingerprint density at radius 3 is 0.950 bits per heavy atom. The first-order valence-electron chi connectivity index (χ1n) is 47.6. The van der Waals surface area contributed by atoms with Crippen molar-refractivity contribution >= 4 is 70.7 Å². The average molecular weight is 1950 g/mol. The summed E-state index contributed by atoms with van der Waals surface area (Å²) in [6.07, 6.45) is 23.2. The van der Waals surface area contributed by atoms with Gasteiger partial charge in [-0.05, 0) is 160 Å². The van der Waals surface area contributed by atoms with Crippen LogP contribution in [0, 0.1) is 35.5 Å². The highest BCUT2D eigenvalue weighted by Crippen LogP contribution is 2.36. The molecule has 0 spiro atoms. The summed E-state index contributed by atoms with van der Waals surface area (Å²) in [4.78, 5) is 169. The predicted octanol–water partition coefficient (Wildman–Crippen LogP) is 8.78. The van der Waals surface area contributed by atoms with E-state index in [1.165, 1.54) is 39.6 Å². The molecule has 3 unspecified atom stereocenters. The van der Waals surface area contributed by atoms with Crippen LogP contribution in [0.25, 0.3) is 0 Å². The maximum Gasteiger partial charge on any atom is 0.405 e. The van der Waals surface area contributed by atoms with Gasteiger partial charge in [-0.15, -0.1) is 0 Å². The van der Waals surface area contributed by atoms with Gasteiger partial charge in [-0.3, -0.25) is 43.2 Å². The lowest BCUT2D eigenvalue weighted by molar-refractivity contribution is -0.120. The van der Waals surface area contributed by atoms with Crippen LogP contribution < -0.4 is 49.1 Å². The number of nitrogens with zero attached hydrogens (tertiary/aromatic N) is 3. The molecule has 2 saturated heterocycles. The Morgan fingerprint density at radius 2 is 0.700 bits per heavy atom. The maximum absolute atomic E-state index is 13.9. The second kappa shape index (κ2) is 57.4. The minimum atomic E-state index is -0.967. The highest BCUT2D eigenvalue weighted by atomic mass is 16.6. The van der Waals surface area contributed by atoms with Crippen LogP contribution in [0.2, 0.25) is 0 Å². The third kappa shape index (κ3) is 33.9. The number of amides is 6. The normalized spacial score (nSPS) is 31.1. The van der Waals surface area contributed by atoms with E-state index in [0.29, 0.717) is 73.2 Å². The minimum Gasteiger partial charge on any atom is -0.439 e. The number of nitrogens with one attached hydrogen (secondary N) is 7. The van der Waals surface area contributed by atoms with E-state index in [9.17, 15) is 57.5 Å². The number of H-pyrrole nitrogens is 1. The lowest BCUT2D eigenvalue weighted by atomic mass is 9.85. The van der Waals surface area contributed by atoms with Gasteiger partial charge in [0.05, 0.1) is 77.1 Å². The van der Waals surface area contributed by atoms with Crippen LogP contribution in [0.5, 0.6) is 0 Å². The zero-order chi connectivity index (χ0) is 103. The molecule has 1 aromatic heterocycles. The van der Waals surface area contributed by atoms with Gasteiger partial charge in [0.2, 0.25) is 34.7 Å². The Hall–Kier alpha value is -11.5. The Bertz CT molecular complexity index is 5010. The summed E-state index contributed by atoms with van der Waals surface area (Å²) in [6, 6.07) is 0. The molecule has 9 rings (SSSR count). The number of aromatic amines is 1. The van der Waals surface area contributed by atoms with Gasteiger partial charge in [-0.2, -0.15) is 0 Å². The molecule has 2 fully saturated rings. The summed E-state index contributed by atoms with van der Waals surface area (Å²) in [6.45, 7) is 29.1. The standard InChI is InChI=1S/C35H52N4O8.C34H47N5O8.C34H50N4O8/c1-21-17-25-30(37-13-16-39-14-8-9-15-39)27(40)20-26(31(25)41)38-34(42)22(2)11-10-12-28(44-5)33(47-35(36)43)24(4)19-23(3)32(46-7)29(18-21)45-6;1-19-13-24-29(37-12-11-23-17-36-18-38-23)26(40)16-25(30(24)41)39-33(42)20(2)9-8-10-27(44-5)32(47-34(35)43)22(4)15-21(3)31(46-7)28(14-19)45-6;1-20-16-24-29(36-12-15-38-13-9-14-38)26(39)19-25(30(24)40)37-33(41)21(2)10-8-11-27(43-5)32(46-34(35)42)23(4)18-22(3)31(45-7)28(17-20)44-6/h10-12,19-21,23,28-29,32-33,37H,8-9,13-18H2,1-7H3,(H2,36,43)(H,38,42);8-10,15-19,21,27-28,31-32,37H,11-14H2,1-7H3,(H2,35,43)(H,36,38)(H,39,42);8,10-11,18-20,22,27-28,31-32,36H,9,12-17H2,1-7H3,(H2,35,42)(H,37,41)/b12-10-,22-11+,24-19+;10-8-,20-9+,22-15+;11-8-,21-10+,23-18+/t21-,23+,28?,29+,32-,33+;19-,21+,27?,28+,31-,32+;20-,22+,27?,28+,31-,32+/m111/s1. The number of carbonyl (C=O) groups excluding carboxylic acids is 12. The molecular formula is C103H149N13O24. The van der Waals surface area contributed by atoms with Crippen LogP contribution in [0.1, 0.15) is 147 Å². The largest absolute Gasteiger partial charge is 0.439 e. The van der Waals surface area contributed by atoms with Crippen LogP contribution in [-0.2, 0) is 106 Å². The van der Waals surface area contributed by atoms with Crippen molar-refractivity contribution in [3.05, 3.63) is 194 Å². The molecule has 6 bridgehead atoms. The number of nitrogens with two attached hydrogens (primary N) is 3. The highest BCUT2D eigenvalue weighted by molar-refractivity contribution is 6.25. The maximum atomic E-state index is 13.9.